The van der Waals surface area contributed by atoms with Crippen LogP contribution in [0.3, 0.4) is 0 Å². The lowest BCUT2D eigenvalue weighted by Crippen LogP contribution is -2.51. The SMILES string of the molecule is CC(C#Cc1cccc2c1cnn2C)NC(=O)N1CCNCC1. The second-order valence-electron chi connectivity index (χ2n) is 5.68. The number of aromatic nitrogens is 2. The zero-order valence-electron chi connectivity index (χ0n) is 13.5. The zero-order valence-corrected chi connectivity index (χ0v) is 13.5. The molecule has 6 nitrogen and oxygen atoms in total. The highest BCUT2D eigenvalue weighted by Crippen LogP contribution is 2.16. The molecule has 2 amide bonds. The van der Waals surface area contributed by atoms with Gasteiger partial charge in [-0.05, 0) is 19.1 Å². The van der Waals surface area contributed by atoms with Crippen LogP contribution in [0.25, 0.3) is 10.9 Å². The minimum absolute atomic E-state index is 0.0483. The number of fused-ring (bicyclic) bond motifs is 1. The van der Waals surface area contributed by atoms with E-state index in [2.05, 4.69) is 27.6 Å². The molecule has 1 unspecified atom stereocenters. The lowest BCUT2D eigenvalue weighted by Gasteiger charge is -2.28. The molecule has 0 spiro atoms. The molecule has 1 aromatic heterocycles. The van der Waals surface area contributed by atoms with Gasteiger partial charge in [-0.2, -0.15) is 5.10 Å². The fourth-order valence-corrected chi connectivity index (χ4v) is 2.65. The number of aryl methyl sites for hydroxylation is 1. The molecule has 2 aromatic rings. The lowest BCUT2D eigenvalue weighted by molar-refractivity contribution is 0.189. The van der Waals surface area contributed by atoms with E-state index in [4.69, 9.17) is 0 Å². The van der Waals surface area contributed by atoms with Crippen molar-refractivity contribution in [3.63, 3.8) is 0 Å². The Morgan fingerprint density at radius 1 is 1.39 bits per heavy atom. The topological polar surface area (TPSA) is 62.2 Å². The quantitative estimate of drug-likeness (QED) is 0.770. The van der Waals surface area contributed by atoms with Crippen molar-refractivity contribution in [1.29, 1.82) is 0 Å². The molecule has 1 atom stereocenters. The van der Waals surface area contributed by atoms with E-state index < -0.39 is 0 Å². The molecular formula is C17H21N5O. The fraction of sp³-hybridized carbons (Fsp3) is 0.412. The van der Waals surface area contributed by atoms with E-state index in [0.29, 0.717) is 0 Å². The van der Waals surface area contributed by atoms with Gasteiger partial charge in [0.25, 0.3) is 0 Å². The van der Waals surface area contributed by atoms with Crippen molar-refractivity contribution in [3.05, 3.63) is 30.0 Å². The van der Waals surface area contributed by atoms with Crippen LogP contribution in [-0.2, 0) is 7.05 Å². The molecule has 2 N–H and O–H groups in total. The Labute approximate surface area is 135 Å². The molecule has 3 rings (SSSR count). The Hall–Kier alpha value is -2.52. The molecule has 1 aromatic carbocycles. The maximum atomic E-state index is 12.1. The minimum atomic E-state index is -0.204. The van der Waals surface area contributed by atoms with E-state index in [0.717, 1.165) is 42.6 Å². The molecule has 1 aliphatic rings. The Bertz CT molecular complexity index is 764. The molecule has 1 saturated heterocycles. The van der Waals surface area contributed by atoms with Gasteiger partial charge in [-0.15, -0.1) is 0 Å². The van der Waals surface area contributed by atoms with Gasteiger partial charge in [-0.3, -0.25) is 4.68 Å². The summed E-state index contributed by atoms with van der Waals surface area (Å²) in [5.41, 5.74) is 1.98. The summed E-state index contributed by atoms with van der Waals surface area (Å²) in [5, 5.41) is 11.5. The molecule has 120 valence electrons. The highest BCUT2D eigenvalue weighted by Gasteiger charge is 2.16. The number of carbonyl (C=O) groups excluding carboxylic acids is 1. The van der Waals surface area contributed by atoms with Gasteiger partial charge in [-0.1, -0.05) is 17.9 Å². The normalized spacial score (nSPS) is 15.8. The highest BCUT2D eigenvalue weighted by atomic mass is 16.2. The number of hydrogen-bond acceptors (Lipinski definition) is 3. The Balaban J connectivity index is 1.69. The predicted molar refractivity (Wildman–Crippen MR) is 90.0 cm³/mol. The van der Waals surface area contributed by atoms with Crippen molar-refractivity contribution in [1.82, 2.24) is 25.3 Å². The van der Waals surface area contributed by atoms with Gasteiger partial charge in [-0.25, -0.2) is 4.79 Å². The molecule has 0 aliphatic carbocycles. The van der Waals surface area contributed by atoms with Crippen LogP contribution >= 0.6 is 0 Å². The summed E-state index contributed by atoms with van der Waals surface area (Å²) in [6, 6.07) is 5.71. The van der Waals surface area contributed by atoms with Crippen molar-refractivity contribution in [2.75, 3.05) is 26.2 Å². The van der Waals surface area contributed by atoms with Crippen LogP contribution in [-0.4, -0.2) is 52.9 Å². The average Bonchev–Trinajstić information content (AvgIpc) is 2.96. The van der Waals surface area contributed by atoms with Crippen LogP contribution in [0, 0.1) is 11.8 Å². The predicted octanol–water partition coefficient (Wildman–Crippen LogP) is 0.928. The third kappa shape index (κ3) is 3.46. The number of urea groups is 1. The van der Waals surface area contributed by atoms with Gasteiger partial charge in [0, 0.05) is 44.2 Å². The van der Waals surface area contributed by atoms with Crippen LogP contribution in [0.4, 0.5) is 4.79 Å². The Morgan fingerprint density at radius 3 is 2.96 bits per heavy atom. The number of piperazine rings is 1. The number of carbonyl (C=O) groups is 1. The molecule has 0 bridgehead atoms. The maximum Gasteiger partial charge on any atom is 0.318 e. The molecule has 6 heteroatoms. The van der Waals surface area contributed by atoms with Gasteiger partial charge in [0.2, 0.25) is 0 Å². The minimum Gasteiger partial charge on any atom is -0.325 e. The number of hydrogen-bond donors (Lipinski definition) is 2. The largest absolute Gasteiger partial charge is 0.325 e. The number of rotatable bonds is 1. The van der Waals surface area contributed by atoms with Crippen LogP contribution in [0.2, 0.25) is 0 Å². The van der Waals surface area contributed by atoms with Crippen molar-refractivity contribution in [3.8, 4) is 11.8 Å². The van der Waals surface area contributed by atoms with Crippen molar-refractivity contribution in [2.24, 2.45) is 7.05 Å². The fourth-order valence-electron chi connectivity index (χ4n) is 2.65. The molecule has 0 saturated carbocycles. The monoisotopic (exact) mass is 311 g/mol. The second-order valence-corrected chi connectivity index (χ2v) is 5.68. The van der Waals surface area contributed by atoms with Crippen molar-refractivity contribution >= 4 is 16.9 Å². The van der Waals surface area contributed by atoms with Gasteiger partial charge in [0.15, 0.2) is 0 Å². The number of nitrogens with one attached hydrogen (secondary N) is 2. The third-order valence-electron chi connectivity index (χ3n) is 3.96. The van der Waals surface area contributed by atoms with E-state index in [-0.39, 0.29) is 12.1 Å². The van der Waals surface area contributed by atoms with Crippen LogP contribution < -0.4 is 10.6 Å². The van der Waals surface area contributed by atoms with Gasteiger partial charge >= 0.3 is 6.03 Å². The highest BCUT2D eigenvalue weighted by molar-refractivity contribution is 5.85. The summed E-state index contributed by atoms with van der Waals surface area (Å²) in [6.45, 7) is 5.06. The van der Waals surface area contributed by atoms with E-state index in [1.807, 2.05) is 47.9 Å². The summed E-state index contributed by atoms with van der Waals surface area (Å²) >= 11 is 0. The van der Waals surface area contributed by atoms with Crippen LogP contribution in [0.15, 0.2) is 24.4 Å². The Kier molecular flexibility index (Phi) is 4.49. The smallest absolute Gasteiger partial charge is 0.318 e. The third-order valence-corrected chi connectivity index (χ3v) is 3.96. The summed E-state index contributed by atoms with van der Waals surface area (Å²) in [5.74, 6) is 6.27. The van der Waals surface area contributed by atoms with E-state index in [9.17, 15) is 4.79 Å². The Morgan fingerprint density at radius 2 is 2.17 bits per heavy atom. The van der Waals surface area contributed by atoms with Crippen molar-refractivity contribution in [2.45, 2.75) is 13.0 Å². The zero-order chi connectivity index (χ0) is 16.2. The number of benzene rings is 1. The molecule has 23 heavy (non-hydrogen) atoms. The molecule has 2 heterocycles. The number of nitrogens with zero attached hydrogens (tertiary/aromatic N) is 3. The summed E-state index contributed by atoms with van der Waals surface area (Å²) in [4.78, 5) is 14.0. The molecule has 1 aliphatic heterocycles. The second kappa shape index (κ2) is 6.71. The van der Waals surface area contributed by atoms with Crippen LogP contribution in [0.1, 0.15) is 12.5 Å². The van der Waals surface area contributed by atoms with Gasteiger partial charge in [0.05, 0.1) is 17.8 Å². The van der Waals surface area contributed by atoms with E-state index in [1.54, 1.807) is 0 Å². The molecule has 0 radical (unpaired) electrons. The first kappa shape index (κ1) is 15.4. The average molecular weight is 311 g/mol. The van der Waals surface area contributed by atoms with E-state index >= 15 is 0 Å². The summed E-state index contributed by atoms with van der Waals surface area (Å²) < 4.78 is 1.83. The van der Waals surface area contributed by atoms with E-state index in [1.165, 1.54) is 0 Å². The summed E-state index contributed by atoms with van der Waals surface area (Å²) in [6.07, 6.45) is 1.82. The first-order chi connectivity index (χ1) is 11.1. The number of amides is 2. The van der Waals surface area contributed by atoms with Crippen molar-refractivity contribution < 1.29 is 4.79 Å². The maximum absolute atomic E-state index is 12.1. The molecule has 1 fully saturated rings. The van der Waals surface area contributed by atoms with Gasteiger partial charge < -0.3 is 15.5 Å². The molecular weight excluding hydrogens is 290 g/mol. The van der Waals surface area contributed by atoms with Crippen LogP contribution in [0.5, 0.6) is 0 Å². The first-order valence-electron chi connectivity index (χ1n) is 7.83. The first-order valence-corrected chi connectivity index (χ1v) is 7.83. The standard InChI is InChI=1S/C17H21N5O/c1-13(20-17(23)22-10-8-18-9-11-22)6-7-14-4-3-5-16-15(14)12-19-21(16)2/h3-5,12-13,18H,8-11H2,1-2H3,(H,20,23). The lowest BCUT2D eigenvalue weighted by atomic mass is 10.1. The van der Waals surface area contributed by atoms with Gasteiger partial charge in [0.1, 0.15) is 0 Å². The summed E-state index contributed by atoms with van der Waals surface area (Å²) in [7, 11) is 1.91.